The molecule has 1 fully saturated rings. The van der Waals surface area contributed by atoms with Gasteiger partial charge in [0.15, 0.2) is 5.78 Å². The van der Waals surface area contributed by atoms with E-state index in [1.807, 2.05) is 18.2 Å². The number of hydrogen-bond acceptors (Lipinski definition) is 2. The minimum Gasteiger partial charge on any atom is -0.371 e. The number of rotatable bonds is 3. The molecule has 0 unspecified atom stereocenters. The van der Waals surface area contributed by atoms with Crippen molar-refractivity contribution in [2.24, 2.45) is 5.92 Å². The van der Waals surface area contributed by atoms with E-state index in [0.29, 0.717) is 5.56 Å². The van der Waals surface area contributed by atoms with Crippen LogP contribution in [0.4, 0.5) is 10.1 Å². The summed E-state index contributed by atoms with van der Waals surface area (Å²) in [6.45, 7) is 5.76. The van der Waals surface area contributed by atoms with Crippen LogP contribution >= 0.6 is 0 Å². The van der Waals surface area contributed by atoms with Gasteiger partial charge < -0.3 is 4.90 Å². The Labute approximate surface area is 130 Å². The Balaban J connectivity index is 1.65. The van der Waals surface area contributed by atoms with Crippen LogP contribution in [0.25, 0.3) is 0 Å². The van der Waals surface area contributed by atoms with E-state index in [1.54, 1.807) is 12.1 Å². The van der Waals surface area contributed by atoms with Gasteiger partial charge in [0.1, 0.15) is 5.82 Å². The van der Waals surface area contributed by atoms with Crippen molar-refractivity contribution < 1.29 is 9.18 Å². The standard InChI is InChI=1S/C19H19FNO/c1-14-4-2-3-5-18(14)21-12-10-16(11-13-21)19(22)15-6-8-17(20)9-7-15/h2-9,16H,1,10-13H2. The average Bonchev–Trinajstić information content (AvgIpc) is 2.56. The van der Waals surface area contributed by atoms with Crippen molar-refractivity contribution in [1.82, 2.24) is 0 Å². The summed E-state index contributed by atoms with van der Waals surface area (Å²) >= 11 is 0. The van der Waals surface area contributed by atoms with E-state index in [0.717, 1.165) is 37.2 Å². The number of para-hydroxylation sites is 1. The highest BCUT2D eigenvalue weighted by molar-refractivity contribution is 5.98. The Morgan fingerprint density at radius 2 is 1.68 bits per heavy atom. The van der Waals surface area contributed by atoms with E-state index in [2.05, 4.69) is 17.9 Å². The van der Waals surface area contributed by atoms with Crippen LogP contribution in [0.2, 0.25) is 0 Å². The molecule has 0 saturated carbocycles. The molecule has 22 heavy (non-hydrogen) atoms. The summed E-state index contributed by atoms with van der Waals surface area (Å²) < 4.78 is 12.9. The zero-order valence-electron chi connectivity index (χ0n) is 12.5. The molecule has 0 atom stereocenters. The fourth-order valence-electron chi connectivity index (χ4n) is 3.05. The molecule has 1 aliphatic heterocycles. The Kier molecular flexibility index (Phi) is 4.23. The lowest BCUT2D eigenvalue weighted by Gasteiger charge is -2.34. The molecule has 0 amide bonds. The molecular formula is C19H19FNO. The van der Waals surface area contributed by atoms with Crippen molar-refractivity contribution >= 4 is 11.5 Å². The smallest absolute Gasteiger partial charge is 0.166 e. The Hall–Kier alpha value is -2.16. The second-order valence-electron chi connectivity index (χ2n) is 5.76. The molecule has 0 aliphatic carbocycles. The molecule has 0 spiro atoms. The molecule has 1 radical (unpaired) electrons. The third kappa shape index (κ3) is 3.03. The normalized spacial score (nSPS) is 15.8. The number of hydrogen-bond donors (Lipinski definition) is 0. The first-order valence-corrected chi connectivity index (χ1v) is 7.61. The average molecular weight is 296 g/mol. The number of carbonyl (C=O) groups excluding carboxylic acids is 1. The summed E-state index contributed by atoms with van der Waals surface area (Å²) in [6.07, 6.45) is 1.65. The van der Waals surface area contributed by atoms with Crippen LogP contribution in [0.1, 0.15) is 28.8 Å². The fourth-order valence-corrected chi connectivity index (χ4v) is 3.05. The molecule has 113 valence electrons. The van der Waals surface area contributed by atoms with Crippen LogP contribution < -0.4 is 4.90 Å². The summed E-state index contributed by atoms with van der Waals surface area (Å²) in [6, 6.07) is 13.9. The fraction of sp³-hybridized carbons (Fsp3) is 0.263. The predicted octanol–water partition coefficient (Wildman–Crippen LogP) is 4.11. The lowest BCUT2D eigenvalue weighted by Crippen LogP contribution is -2.36. The van der Waals surface area contributed by atoms with Crippen LogP contribution in [-0.4, -0.2) is 18.9 Å². The van der Waals surface area contributed by atoms with Gasteiger partial charge in [0.2, 0.25) is 0 Å². The number of benzene rings is 2. The van der Waals surface area contributed by atoms with E-state index < -0.39 is 0 Å². The van der Waals surface area contributed by atoms with Crippen molar-refractivity contribution in [1.29, 1.82) is 0 Å². The van der Waals surface area contributed by atoms with E-state index in [4.69, 9.17) is 0 Å². The number of ketones is 1. The highest BCUT2D eigenvalue weighted by Crippen LogP contribution is 2.27. The molecule has 0 N–H and O–H groups in total. The number of Topliss-reactive ketones (excluding diaryl/α,β-unsaturated/α-hetero) is 1. The first kappa shape index (κ1) is 14.8. The zero-order valence-corrected chi connectivity index (χ0v) is 12.5. The quantitative estimate of drug-likeness (QED) is 0.795. The van der Waals surface area contributed by atoms with E-state index in [-0.39, 0.29) is 17.5 Å². The minimum atomic E-state index is -0.307. The van der Waals surface area contributed by atoms with Crippen molar-refractivity contribution in [3.8, 4) is 0 Å². The molecule has 2 aromatic carbocycles. The number of piperidine rings is 1. The van der Waals surface area contributed by atoms with Gasteiger partial charge in [-0.25, -0.2) is 4.39 Å². The van der Waals surface area contributed by atoms with Gasteiger partial charge in [-0.3, -0.25) is 4.79 Å². The van der Waals surface area contributed by atoms with Crippen molar-refractivity contribution in [2.75, 3.05) is 18.0 Å². The topological polar surface area (TPSA) is 20.3 Å². The maximum absolute atomic E-state index is 12.9. The van der Waals surface area contributed by atoms with E-state index in [9.17, 15) is 9.18 Å². The van der Waals surface area contributed by atoms with Crippen LogP contribution in [0.15, 0.2) is 48.5 Å². The summed E-state index contributed by atoms with van der Waals surface area (Å²) in [4.78, 5) is 14.8. The third-order valence-electron chi connectivity index (χ3n) is 4.33. The van der Waals surface area contributed by atoms with Crippen LogP contribution in [-0.2, 0) is 0 Å². The van der Waals surface area contributed by atoms with Crippen molar-refractivity contribution in [2.45, 2.75) is 12.8 Å². The van der Waals surface area contributed by atoms with Gasteiger partial charge in [0.05, 0.1) is 0 Å². The Morgan fingerprint density at radius 3 is 2.32 bits per heavy atom. The first-order valence-electron chi connectivity index (χ1n) is 7.61. The zero-order chi connectivity index (χ0) is 15.5. The van der Waals surface area contributed by atoms with Crippen molar-refractivity contribution in [3.63, 3.8) is 0 Å². The number of nitrogens with zero attached hydrogens (tertiary/aromatic N) is 1. The van der Waals surface area contributed by atoms with Gasteiger partial charge in [-0.05, 0) is 55.7 Å². The maximum Gasteiger partial charge on any atom is 0.166 e. The second kappa shape index (κ2) is 6.30. The molecular weight excluding hydrogens is 277 g/mol. The van der Waals surface area contributed by atoms with Crippen molar-refractivity contribution in [3.05, 3.63) is 72.4 Å². The van der Waals surface area contributed by atoms with Gasteiger partial charge in [0, 0.05) is 30.3 Å². The van der Waals surface area contributed by atoms with E-state index in [1.165, 1.54) is 12.1 Å². The minimum absolute atomic E-state index is 0.0266. The first-order chi connectivity index (χ1) is 10.6. The highest BCUT2D eigenvalue weighted by Gasteiger charge is 2.26. The lowest BCUT2D eigenvalue weighted by atomic mass is 9.88. The Bertz CT molecular complexity index is 657. The molecule has 2 aromatic rings. The predicted molar refractivity (Wildman–Crippen MR) is 86.6 cm³/mol. The molecule has 2 nitrogen and oxygen atoms in total. The van der Waals surface area contributed by atoms with E-state index >= 15 is 0 Å². The molecule has 1 aliphatic rings. The number of anilines is 1. The lowest BCUT2D eigenvalue weighted by molar-refractivity contribution is 0.0900. The Morgan fingerprint density at radius 1 is 1.05 bits per heavy atom. The van der Waals surface area contributed by atoms with Crippen LogP contribution in [0.5, 0.6) is 0 Å². The molecule has 3 heteroatoms. The largest absolute Gasteiger partial charge is 0.371 e. The molecule has 1 saturated heterocycles. The monoisotopic (exact) mass is 296 g/mol. The summed E-state index contributed by atoms with van der Waals surface area (Å²) in [5, 5.41) is 0. The molecule has 0 bridgehead atoms. The van der Waals surface area contributed by atoms with Gasteiger partial charge in [-0.1, -0.05) is 18.2 Å². The van der Waals surface area contributed by atoms with Gasteiger partial charge >= 0.3 is 0 Å². The highest BCUT2D eigenvalue weighted by atomic mass is 19.1. The van der Waals surface area contributed by atoms with Gasteiger partial charge in [0.25, 0.3) is 0 Å². The van der Waals surface area contributed by atoms with Crippen LogP contribution in [0.3, 0.4) is 0 Å². The maximum atomic E-state index is 12.9. The summed E-state index contributed by atoms with van der Waals surface area (Å²) in [7, 11) is 0. The third-order valence-corrected chi connectivity index (χ3v) is 4.33. The summed E-state index contributed by atoms with van der Waals surface area (Å²) in [5.41, 5.74) is 2.78. The van der Waals surface area contributed by atoms with Gasteiger partial charge in [-0.2, -0.15) is 0 Å². The van der Waals surface area contributed by atoms with Crippen LogP contribution in [0, 0.1) is 18.7 Å². The molecule has 0 aromatic heterocycles. The molecule has 1 heterocycles. The molecule has 3 rings (SSSR count). The number of halogens is 1. The second-order valence-corrected chi connectivity index (χ2v) is 5.76. The SMILES string of the molecule is [CH2]c1ccccc1N1CCC(C(=O)c2ccc(F)cc2)CC1. The van der Waals surface area contributed by atoms with Gasteiger partial charge in [-0.15, -0.1) is 0 Å². The number of carbonyl (C=O) groups is 1. The summed E-state index contributed by atoms with van der Waals surface area (Å²) in [5.74, 6) is -0.153.